The summed E-state index contributed by atoms with van der Waals surface area (Å²) >= 11 is 0. The van der Waals surface area contributed by atoms with E-state index in [1.807, 2.05) is 0 Å². The zero-order chi connectivity index (χ0) is 49.0. The highest BCUT2D eigenvalue weighted by atomic mass is 32.2. The Morgan fingerprint density at radius 1 is 0.523 bits per heavy atom. The van der Waals surface area contributed by atoms with E-state index in [1.54, 1.807) is 65.0 Å². The smallest absolute Gasteiger partial charge is 0.254 e. The van der Waals surface area contributed by atoms with Crippen molar-refractivity contribution in [3.63, 3.8) is 0 Å². The SMILES string of the molecule is CNC(=O)c1ccc(C)cc1F.CNC(=O)c1ccc(C)cc1F.CNS(=O)(=O)c1ccc(C)cc1F.Cc1ccc(C(=O)NC2CC2)c(F)c1.Cc1ccc(C(=O)NCCO)c(F)c1. The van der Waals surface area contributed by atoms with Crippen LogP contribution in [0.5, 0.6) is 0 Å². The Morgan fingerprint density at radius 3 is 1.14 bits per heavy atom. The van der Waals surface area contributed by atoms with Gasteiger partial charge in [-0.2, -0.15) is 0 Å². The molecule has 5 aromatic carbocycles. The van der Waals surface area contributed by atoms with Gasteiger partial charge in [0.25, 0.3) is 23.6 Å². The van der Waals surface area contributed by atoms with E-state index in [2.05, 4.69) is 26.0 Å². The van der Waals surface area contributed by atoms with Gasteiger partial charge in [-0.25, -0.2) is 35.1 Å². The third kappa shape index (κ3) is 18.3. The van der Waals surface area contributed by atoms with Gasteiger partial charge in [-0.05, 0) is 143 Å². The first-order chi connectivity index (χ1) is 30.6. The molecule has 1 saturated carbocycles. The summed E-state index contributed by atoms with van der Waals surface area (Å²) in [6.45, 7) is 8.77. The summed E-state index contributed by atoms with van der Waals surface area (Å²) in [7, 11) is 0.522. The van der Waals surface area contributed by atoms with E-state index in [1.165, 1.54) is 81.8 Å². The molecule has 6 N–H and O–H groups in total. The van der Waals surface area contributed by atoms with Gasteiger partial charge < -0.3 is 26.4 Å². The minimum Gasteiger partial charge on any atom is -0.395 e. The number of rotatable bonds is 9. The Labute approximate surface area is 376 Å². The first-order valence-electron chi connectivity index (χ1n) is 20.0. The summed E-state index contributed by atoms with van der Waals surface area (Å²) in [4.78, 5) is 44.4. The van der Waals surface area contributed by atoms with Gasteiger partial charge in [-0.15, -0.1) is 0 Å². The van der Waals surface area contributed by atoms with Crippen LogP contribution in [-0.2, 0) is 10.0 Å². The maximum absolute atomic E-state index is 13.3. The van der Waals surface area contributed by atoms with E-state index < -0.39 is 56.8 Å². The summed E-state index contributed by atoms with van der Waals surface area (Å²) in [6, 6.07) is 22.3. The van der Waals surface area contributed by atoms with Crippen LogP contribution in [0.4, 0.5) is 22.0 Å². The molecule has 65 heavy (non-hydrogen) atoms. The van der Waals surface area contributed by atoms with Crippen molar-refractivity contribution in [2.24, 2.45) is 0 Å². The van der Waals surface area contributed by atoms with Crippen molar-refractivity contribution in [3.05, 3.63) is 170 Å². The van der Waals surface area contributed by atoms with Crippen molar-refractivity contribution in [3.8, 4) is 0 Å². The number of amides is 4. The van der Waals surface area contributed by atoms with Gasteiger partial charge in [0.05, 0.1) is 28.9 Å². The molecule has 0 heterocycles. The van der Waals surface area contributed by atoms with E-state index in [0.717, 1.165) is 35.1 Å². The second-order valence-electron chi connectivity index (χ2n) is 14.5. The van der Waals surface area contributed by atoms with Gasteiger partial charge in [0.1, 0.15) is 34.0 Å². The fourth-order valence-corrected chi connectivity index (χ4v) is 5.96. The number of halogens is 5. The van der Waals surface area contributed by atoms with Crippen molar-refractivity contribution in [2.45, 2.75) is 58.4 Å². The molecule has 0 bridgehead atoms. The van der Waals surface area contributed by atoms with Crippen molar-refractivity contribution in [2.75, 3.05) is 34.3 Å². The van der Waals surface area contributed by atoms with E-state index in [9.17, 15) is 49.5 Å². The van der Waals surface area contributed by atoms with E-state index >= 15 is 0 Å². The van der Waals surface area contributed by atoms with Crippen molar-refractivity contribution < 1.29 is 54.7 Å². The third-order valence-corrected chi connectivity index (χ3v) is 10.3. The zero-order valence-electron chi connectivity index (χ0n) is 37.3. The van der Waals surface area contributed by atoms with Gasteiger partial charge in [-0.1, -0.05) is 30.3 Å². The molecule has 18 heteroatoms. The molecule has 4 amide bonds. The average molecular weight is 928 g/mol. The fourth-order valence-electron chi connectivity index (χ4n) is 5.18. The van der Waals surface area contributed by atoms with Crippen LogP contribution < -0.4 is 26.0 Å². The number of benzene rings is 5. The van der Waals surface area contributed by atoms with Gasteiger partial charge in [0, 0.05) is 26.7 Å². The lowest BCUT2D eigenvalue weighted by Crippen LogP contribution is -2.27. The molecule has 0 aliphatic heterocycles. The first-order valence-corrected chi connectivity index (χ1v) is 21.5. The molecule has 0 radical (unpaired) electrons. The van der Waals surface area contributed by atoms with Gasteiger partial charge in [0.2, 0.25) is 10.0 Å². The normalized spacial score (nSPS) is 11.3. The molecule has 12 nitrogen and oxygen atoms in total. The van der Waals surface area contributed by atoms with E-state index in [4.69, 9.17) is 5.11 Å². The molecule has 0 unspecified atom stereocenters. The summed E-state index contributed by atoms with van der Waals surface area (Å²) < 4.78 is 90.1. The molecule has 1 fully saturated rings. The quantitative estimate of drug-likeness (QED) is 0.0869. The minimum atomic E-state index is -3.67. The Hall–Kier alpha value is -6.50. The Morgan fingerprint density at radius 2 is 0.846 bits per heavy atom. The number of hydrogen-bond donors (Lipinski definition) is 6. The average Bonchev–Trinajstić information content (AvgIpc) is 4.07. The molecular formula is C47H54F5N5O7S. The predicted molar refractivity (Wildman–Crippen MR) is 239 cm³/mol. The zero-order valence-corrected chi connectivity index (χ0v) is 38.1. The predicted octanol–water partition coefficient (Wildman–Crippen LogP) is 6.91. The number of sulfonamides is 1. The van der Waals surface area contributed by atoms with Crippen LogP contribution in [0.2, 0.25) is 0 Å². The molecule has 0 aromatic heterocycles. The molecule has 6 rings (SSSR count). The maximum Gasteiger partial charge on any atom is 0.254 e. The molecular weight excluding hydrogens is 874 g/mol. The lowest BCUT2D eigenvalue weighted by Gasteiger charge is -2.04. The van der Waals surface area contributed by atoms with Crippen LogP contribution in [0, 0.1) is 63.7 Å². The fraction of sp³-hybridized carbons (Fsp3) is 0.277. The molecule has 0 spiro atoms. The lowest BCUT2D eigenvalue weighted by atomic mass is 10.1. The standard InChI is InChI=1S/C11H12FNO.C10H12FNO2.2C9H10FNO.C8H10FNO2S/c1-7-2-5-9(10(12)6-7)11(14)13-8-3-4-8;1-7-2-3-8(9(11)6-7)10(14)12-4-5-13;2*1-6-3-4-7(8(10)5-6)9(12)11-2;1-6-3-4-8(7(9)5-6)13(11,12)10-2/h2,5-6,8H,3-4H2,1H3,(H,13,14);2-3,6,13H,4-5H2,1H3,(H,12,14);2*3-5H,1-2H3,(H,11,12);3-5,10H,1-2H3. The van der Waals surface area contributed by atoms with E-state index in [-0.39, 0.29) is 52.2 Å². The minimum absolute atomic E-state index is 0.00375. The molecule has 5 aromatic rings. The van der Waals surface area contributed by atoms with Crippen molar-refractivity contribution in [1.82, 2.24) is 26.0 Å². The number of nitrogens with one attached hydrogen (secondary N) is 5. The highest BCUT2D eigenvalue weighted by Crippen LogP contribution is 2.20. The van der Waals surface area contributed by atoms with Crippen LogP contribution in [0.15, 0.2) is 95.9 Å². The van der Waals surface area contributed by atoms with Crippen LogP contribution in [0.25, 0.3) is 0 Å². The van der Waals surface area contributed by atoms with Crippen LogP contribution >= 0.6 is 0 Å². The topological polar surface area (TPSA) is 183 Å². The lowest BCUT2D eigenvalue weighted by molar-refractivity contribution is 0.0934. The molecule has 1 aliphatic rings. The van der Waals surface area contributed by atoms with Crippen LogP contribution in [0.1, 0.15) is 82.1 Å². The second-order valence-corrected chi connectivity index (χ2v) is 16.3. The largest absolute Gasteiger partial charge is 0.395 e. The summed E-state index contributed by atoms with van der Waals surface area (Å²) in [6.07, 6.45) is 2.03. The van der Waals surface area contributed by atoms with Crippen molar-refractivity contribution >= 4 is 33.7 Å². The number of hydrogen-bond acceptors (Lipinski definition) is 7. The van der Waals surface area contributed by atoms with E-state index in [0.29, 0.717) is 5.56 Å². The maximum atomic E-state index is 13.3. The Kier molecular flexibility index (Phi) is 22.1. The van der Waals surface area contributed by atoms with Crippen LogP contribution in [0.3, 0.4) is 0 Å². The number of carbonyl (C=O) groups excluding carboxylic acids is 4. The Balaban J connectivity index is 0.000000280. The molecule has 0 atom stereocenters. The monoisotopic (exact) mass is 927 g/mol. The highest BCUT2D eigenvalue weighted by Gasteiger charge is 2.25. The van der Waals surface area contributed by atoms with Gasteiger partial charge in [-0.3, -0.25) is 19.2 Å². The number of aliphatic hydroxyl groups is 1. The highest BCUT2D eigenvalue weighted by molar-refractivity contribution is 7.89. The first kappa shape index (κ1) is 54.6. The Bertz CT molecular complexity index is 2490. The summed E-state index contributed by atoms with van der Waals surface area (Å²) in [5, 5.41) is 18.3. The summed E-state index contributed by atoms with van der Waals surface area (Å²) in [5.41, 5.74) is 4.21. The molecule has 1 aliphatic carbocycles. The third-order valence-electron chi connectivity index (χ3n) is 8.89. The van der Waals surface area contributed by atoms with Gasteiger partial charge >= 0.3 is 0 Å². The molecule has 350 valence electrons. The number of aryl methyl sites for hydroxylation is 5. The molecule has 0 saturated heterocycles. The second kappa shape index (κ2) is 26.3. The summed E-state index contributed by atoms with van der Waals surface area (Å²) in [5.74, 6) is -4.26. The van der Waals surface area contributed by atoms with Gasteiger partial charge in [0.15, 0.2) is 0 Å². The number of carbonyl (C=O) groups is 4. The van der Waals surface area contributed by atoms with Crippen LogP contribution in [-0.4, -0.2) is 77.5 Å². The van der Waals surface area contributed by atoms with Crippen molar-refractivity contribution in [1.29, 1.82) is 0 Å². The number of aliphatic hydroxyl groups excluding tert-OH is 1.